The van der Waals surface area contributed by atoms with E-state index in [0.29, 0.717) is 12.6 Å². The zero-order valence-corrected chi connectivity index (χ0v) is 9.99. The van der Waals surface area contributed by atoms with Crippen LogP contribution in [0.1, 0.15) is 24.5 Å². The minimum absolute atomic E-state index is 0.604. The van der Waals surface area contributed by atoms with Crippen LogP contribution in [0.2, 0.25) is 0 Å². The van der Waals surface area contributed by atoms with Crippen molar-refractivity contribution in [2.75, 3.05) is 7.05 Å². The summed E-state index contributed by atoms with van der Waals surface area (Å²) in [6, 6.07) is 0.604. The van der Waals surface area contributed by atoms with Crippen LogP contribution in [0.3, 0.4) is 0 Å². The highest BCUT2D eigenvalue weighted by Crippen LogP contribution is 2.18. The highest BCUT2D eigenvalue weighted by molar-refractivity contribution is 5.80. The van der Waals surface area contributed by atoms with E-state index in [2.05, 4.69) is 25.8 Å². The van der Waals surface area contributed by atoms with Crippen molar-refractivity contribution in [3.8, 4) is 0 Å². The molecule has 1 heterocycles. The third-order valence-electron chi connectivity index (χ3n) is 2.74. The minimum Gasteiger partial charge on any atom is -0.354 e. The molecule has 0 bridgehead atoms. The van der Waals surface area contributed by atoms with Gasteiger partial charge in [0.15, 0.2) is 11.8 Å². The van der Waals surface area contributed by atoms with Crippen LogP contribution in [0.5, 0.6) is 0 Å². The first-order valence-electron chi connectivity index (χ1n) is 5.52. The van der Waals surface area contributed by atoms with Crippen LogP contribution in [0, 0.1) is 6.92 Å². The van der Waals surface area contributed by atoms with Gasteiger partial charge in [-0.15, -0.1) is 10.2 Å². The molecule has 1 aromatic rings. The van der Waals surface area contributed by atoms with Gasteiger partial charge in [-0.25, -0.2) is 0 Å². The first-order valence-corrected chi connectivity index (χ1v) is 5.52. The number of hydrogen-bond donors (Lipinski definition) is 2. The van der Waals surface area contributed by atoms with Crippen LogP contribution in [0.15, 0.2) is 4.99 Å². The SMILES string of the molecule is CN=C(NCc1nnc(C)n1C)NC1CC1. The number of aromatic nitrogens is 3. The molecule has 0 saturated heterocycles. The molecule has 0 amide bonds. The molecule has 1 saturated carbocycles. The van der Waals surface area contributed by atoms with Crippen LogP contribution in [0.25, 0.3) is 0 Å². The van der Waals surface area contributed by atoms with E-state index in [1.54, 1.807) is 7.05 Å². The van der Waals surface area contributed by atoms with Crippen molar-refractivity contribution in [2.45, 2.75) is 32.4 Å². The molecule has 0 aliphatic heterocycles. The van der Waals surface area contributed by atoms with Gasteiger partial charge in [0.05, 0.1) is 6.54 Å². The number of nitrogens with one attached hydrogen (secondary N) is 2. The number of nitrogens with zero attached hydrogens (tertiary/aromatic N) is 4. The second-order valence-electron chi connectivity index (χ2n) is 4.07. The maximum absolute atomic E-state index is 4.16. The van der Waals surface area contributed by atoms with Crippen molar-refractivity contribution in [3.05, 3.63) is 11.6 Å². The molecule has 0 atom stereocenters. The third kappa shape index (κ3) is 2.50. The Balaban J connectivity index is 1.87. The van der Waals surface area contributed by atoms with Gasteiger partial charge in [0.2, 0.25) is 0 Å². The Morgan fingerprint density at radius 1 is 1.50 bits per heavy atom. The summed E-state index contributed by atoms with van der Waals surface area (Å²) < 4.78 is 1.97. The van der Waals surface area contributed by atoms with Crippen LogP contribution in [-0.4, -0.2) is 33.8 Å². The lowest BCUT2D eigenvalue weighted by Crippen LogP contribution is -2.38. The molecule has 6 nitrogen and oxygen atoms in total. The second-order valence-corrected chi connectivity index (χ2v) is 4.07. The van der Waals surface area contributed by atoms with Crippen LogP contribution in [0.4, 0.5) is 0 Å². The van der Waals surface area contributed by atoms with Gasteiger partial charge in [0.1, 0.15) is 5.82 Å². The predicted molar refractivity (Wildman–Crippen MR) is 62.1 cm³/mol. The Bertz CT molecular complexity index is 390. The van der Waals surface area contributed by atoms with E-state index >= 15 is 0 Å². The lowest BCUT2D eigenvalue weighted by Gasteiger charge is -2.10. The fourth-order valence-corrected chi connectivity index (χ4v) is 1.38. The van der Waals surface area contributed by atoms with Crippen LogP contribution >= 0.6 is 0 Å². The van der Waals surface area contributed by atoms with E-state index in [-0.39, 0.29) is 0 Å². The van der Waals surface area contributed by atoms with Crippen molar-refractivity contribution in [1.82, 2.24) is 25.4 Å². The molecule has 0 unspecified atom stereocenters. The number of aryl methyl sites for hydroxylation is 1. The average molecular weight is 222 g/mol. The number of hydrogen-bond acceptors (Lipinski definition) is 3. The molecule has 1 aromatic heterocycles. The van der Waals surface area contributed by atoms with E-state index < -0.39 is 0 Å². The summed E-state index contributed by atoms with van der Waals surface area (Å²) in [6.45, 7) is 2.58. The van der Waals surface area contributed by atoms with Crippen molar-refractivity contribution in [1.29, 1.82) is 0 Å². The number of aliphatic imine (C=N–C) groups is 1. The molecule has 1 aliphatic carbocycles. The van der Waals surface area contributed by atoms with Crippen molar-refractivity contribution < 1.29 is 0 Å². The van der Waals surface area contributed by atoms with E-state index in [9.17, 15) is 0 Å². The molecule has 2 N–H and O–H groups in total. The van der Waals surface area contributed by atoms with Crippen LogP contribution in [-0.2, 0) is 13.6 Å². The van der Waals surface area contributed by atoms with Gasteiger partial charge < -0.3 is 15.2 Å². The van der Waals surface area contributed by atoms with Crippen molar-refractivity contribution >= 4 is 5.96 Å². The van der Waals surface area contributed by atoms with Gasteiger partial charge in [-0.1, -0.05) is 0 Å². The van der Waals surface area contributed by atoms with E-state index in [0.717, 1.165) is 17.6 Å². The molecule has 0 aromatic carbocycles. The summed E-state index contributed by atoms with van der Waals surface area (Å²) in [7, 11) is 3.74. The van der Waals surface area contributed by atoms with Gasteiger partial charge >= 0.3 is 0 Å². The number of rotatable bonds is 3. The molecule has 1 fully saturated rings. The molecule has 2 rings (SSSR count). The van der Waals surface area contributed by atoms with Gasteiger partial charge in [-0.3, -0.25) is 4.99 Å². The third-order valence-corrected chi connectivity index (χ3v) is 2.74. The minimum atomic E-state index is 0.604. The smallest absolute Gasteiger partial charge is 0.191 e. The molecule has 0 radical (unpaired) electrons. The summed E-state index contributed by atoms with van der Waals surface area (Å²) in [5.41, 5.74) is 0. The summed E-state index contributed by atoms with van der Waals surface area (Å²) in [6.07, 6.45) is 2.48. The average Bonchev–Trinajstić information content (AvgIpc) is 3.04. The largest absolute Gasteiger partial charge is 0.354 e. The Morgan fingerprint density at radius 2 is 2.25 bits per heavy atom. The number of guanidine groups is 1. The summed E-state index contributed by atoms with van der Waals surface area (Å²) in [5.74, 6) is 2.67. The van der Waals surface area contributed by atoms with E-state index in [1.807, 2.05) is 18.5 Å². The van der Waals surface area contributed by atoms with Gasteiger partial charge in [0, 0.05) is 20.1 Å². The molecule has 16 heavy (non-hydrogen) atoms. The second kappa shape index (κ2) is 4.51. The zero-order valence-electron chi connectivity index (χ0n) is 9.99. The van der Waals surface area contributed by atoms with Crippen molar-refractivity contribution in [2.24, 2.45) is 12.0 Å². The maximum atomic E-state index is 4.16. The Labute approximate surface area is 95.2 Å². The molecule has 6 heteroatoms. The first kappa shape index (κ1) is 10.9. The monoisotopic (exact) mass is 222 g/mol. The van der Waals surface area contributed by atoms with Crippen LogP contribution < -0.4 is 10.6 Å². The summed E-state index contributed by atoms with van der Waals surface area (Å²) in [5, 5.41) is 14.6. The predicted octanol–water partition coefficient (Wildman–Crippen LogP) is -0.0491. The fraction of sp³-hybridized carbons (Fsp3) is 0.700. The zero-order chi connectivity index (χ0) is 11.5. The summed E-state index contributed by atoms with van der Waals surface area (Å²) >= 11 is 0. The molecule has 1 aliphatic rings. The fourth-order valence-electron chi connectivity index (χ4n) is 1.38. The quantitative estimate of drug-likeness (QED) is 0.556. The topological polar surface area (TPSA) is 67.1 Å². The normalized spacial score (nSPS) is 16.3. The lowest BCUT2D eigenvalue weighted by atomic mass is 10.5. The van der Waals surface area contributed by atoms with Gasteiger partial charge in [0.25, 0.3) is 0 Å². The molecule has 88 valence electrons. The van der Waals surface area contributed by atoms with E-state index in [1.165, 1.54) is 12.8 Å². The highest BCUT2D eigenvalue weighted by Gasteiger charge is 2.22. The molecular formula is C10H18N6. The van der Waals surface area contributed by atoms with Crippen molar-refractivity contribution in [3.63, 3.8) is 0 Å². The molecular weight excluding hydrogens is 204 g/mol. The van der Waals surface area contributed by atoms with Gasteiger partial charge in [-0.05, 0) is 19.8 Å². The Hall–Kier alpha value is -1.59. The maximum Gasteiger partial charge on any atom is 0.191 e. The van der Waals surface area contributed by atoms with Gasteiger partial charge in [-0.2, -0.15) is 0 Å². The molecule has 0 spiro atoms. The highest BCUT2D eigenvalue weighted by atomic mass is 15.3. The Morgan fingerprint density at radius 3 is 2.75 bits per heavy atom. The summed E-state index contributed by atoms with van der Waals surface area (Å²) in [4.78, 5) is 4.16. The standard InChI is InChI=1S/C10H18N6/c1-7-14-15-9(16(7)3)6-12-10(11-2)13-8-4-5-8/h8H,4-6H2,1-3H3,(H2,11,12,13). The Kier molecular flexibility index (Phi) is 3.07. The van der Waals surface area contributed by atoms with E-state index in [4.69, 9.17) is 0 Å². The first-order chi connectivity index (χ1) is 7.70. The lowest BCUT2D eigenvalue weighted by molar-refractivity contribution is 0.717.